The van der Waals surface area contributed by atoms with Crippen LogP contribution in [-0.4, -0.2) is 23.5 Å². The molecule has 0 amide bonds. The van der Waals surface area contributed by atoms with Gasteiger partial charge in [-0.1, -0.05) is 43.7 Å². The summed E-state index contributed by atoms with van der Waals surface area (Å²) in [5, 5.41) is 9.85. The predicted octanol–water partition coefficient (Wildman–Crippen LogP) is 2.41. The van der Waals surface area contributed by atoms with Gasteiger partial charge in [0.05, 0.1) is 12.7 Å². The van der Waals surface area contributed by atoms with Gasteiger partial charge >= 0.3 is 5.97 Å². The molecular formula is C15H20O4. The highest BCUT2D eigenvalue weighted by Crippen LogP contribution is 2.17. The van der Waals surface area contributed by atoms with Gasteiger partial charge in [-0.25, -0.2) is 0 Å². The van der Waals surface area contributed by atoms with Crippen LogP contribution in [0.4, 0.5) is 0 Å². The zero-order valence-corrected chi connectivity index (χ0v) is 11.2. The van der Waals surface area contributed by atoms with Gasteiger partial charge in [0.25, 0.3) is 0 Å². The maximum Gasteiger partial charge on any atom is 0.313 e. The molecule has 104 valence electrons. The number of ether oxygens (including phenoxy) is 1. The standard InChI is InChI=1S/C15H20O4/c1-2-3-9-19-15(18)11-13(16)10-14(17)12-7-5-4-6-8-12/h4-8,14,17H,2-3,9-11H2,1H3/t14-/m1/s1. The Kier molecular flexibility index (Phi) is 6.82. The van der Waals surface area contributed by atoms with Crippen LogP contribution in [0, 0.1) is 0 Å². The molecular weight excluding hydrogens is 244 g/mol. The van der Waals surface area contributed by atoms with E-state index in [2.05, 4.69) is 0 Å². The molecule has 0 aliphatic heterocycles. The number of Topliss-reactive ketones (excluding diaryl/α,β-unsaturated/α-hetero) is 1. The van der Waals surface area contributed by atoms with Gasteiger partial charge in [0, 0.05) is 6.42 Å². The number of benzene rings is 1. The number of aliphatic hydroxyl groups excluding tert-OH is 1. The molecule has 0 spiro atoms. The van der Waals surface area contributed by atoms with Crippen molar-refractivity contribution in [1.82, 2.24) is 0 Å². The first kappa shape index (κ1) is 15.4. The van der Waals surface area contributed by atoms with Crippen LogP contribution in [-0.2, 0) is 14.3 Å². The molecule has 0 radical (unpaired) electrons. The highest BCUT2D eigenvalue weighted by molar-refractivity contribution is 5.95. The molecule has 0 saturated carbocycles. The third-order valence-corrected chi connectivity index (χ3v) is 2.71. The molecule has 19 heavy (non-hydrogen) atoms. The third kappa shape index (κ3) is 6.15. The smallest absolute Gasteiger partial charge is 0.313 e. The minimum Gasteiger partial charge on any atom is -0.465 e. The first-order chi connectivity index (χ1) is 9.13. The fourth-order valence-corrected chi connectivity index (χ4v) is 1.62. The minimum absolute atomic E-state index is 0.0626. The number of ketones is 1. The van der Waals surface area contributed by atoms with Gasteiger partial charge in [0.1, 0.15) is 12.2 Å². The second-order valence-corrected chi connectivity index (χ2v) is 4.42. The van der Waals surface area contributed by atoms with E-state index in [0.29, 0.717) is 12.2 Å². The van der Waals surface area contributed by atoms with Crippen molar-refractivity contribution in [3.05, 3.63) is 35.9 Å². The van der Waals surface area contributed by atoms with Crippen LogP contribution in [0.2, 0.25) is 0 Å². The Bertz CT molecular complexity index is 400. The van der Waals surface area contributed by atoms with Gasteiger partial charge in [0.15, 0.2) is 0 Å². The summed E-state index contributed by atoms with van der Waals surface area (Å²) in [6.45, 7) is 2.35. The van der Waals surface area contributed by atoms with Crippen molar-refractivity contribution in [3.8, 4) is 0 Å². The maximum atomic E-state index is 11.6. The average Bonchev–Trinajstić information content (AvgIpc) is 2.39. The first-order valence-electron chi connectivity index (χ1n) is 6.53. The van der Waals surface area contributed by atoms with E-state index in [1.54, 1.807) is 24.3 Å². The van der Waals surface area contributed by atoms with Crippen LogP contribution in [0.5, 0.6) is 0 Å². The highest BCUT2D eigenvalue weighted by Gasteiger charge is 2.16. The summed E-state index contributed by atoms with van der Waals surface area (Å²) < 4.78 is 4.90. The van der Waals surface area contributed by atoms with Crippen molar-refractivity contribution in [2.75, 3.05) is 6.61 Å². The van der Waals surface area contributed by atoms with Crippen molar-refractivity contribution in [1.29, 1.82) is 0 Å². The monoisotopic (exact) mass is 264 g/mol. The molecule has 0 aromatic heterocycles. The molecule has 0 saturated heterocycles. The van der Waals surface area contributed by atoms with Crippen LogP contribution < -0.4 is 0 Å². The number of esters is 1. The largest absolute Gasteiger partial charge is 0.465 e. The molecule has 4 nitrogen and oxygen atoms in total. The van der Waals surface area contributed by atoms with Gasteiger partial charge in [-0.15, -0.1) is 0 Å². The molecule has 0 heterocycles. The van der Waals surface area contributed by atoms with Crippen LogP contribution in [0.1, 0.15) is 44.3 Å². The molecule has 0 aliphatic rings. The molecule has 1 atom stereocenters. The molecule has 1 N–H and O–H groups in total. The summed E-state index contributed by atoms with van der Waals surface area (Å²) in [4.78, 5) is 22.9. The summed E-state index contributed by atoms with van der Waals surface area (Å²) in [5.41, 5.74) is 0.676. The molecule has 0 aliphatic carbocycles. The van der Waals surface area contributed by atoms with Crippen molar-refractivity contribution < 1.29 is 19.4 Å². The molecule has 0 bridgehead atoms. The van der Waals surface area contributed by atoms with E-state index < -0.39 is 12.1 Å². The number of carbonyl (C=O) groups is 2. The molecule has 0 fully saturated rings. The van der Waals surface area contributed by atoms with Crippen molar-refractivity contribution >= 4 is 11.8 Å². The van der Waals surface area contributed by atoms with Crippen LogP contribution in [0.3, 0.4) is 0 Å². The Balaban J connectivity index is 2.33. The molecule has 4 heteroatoms. The minimum atomic E-state index is -0.864. The van der Waals surface area contributed by atoms with Crippen molar-refractivity contribution in [3.63, 3.8) is 0 Å². The predicted molar refractivity (Wildman–Crippen MR) is 71.5 cm³/mol. The Morgan fingerprint density at radius 1 is 1.26 bits per heavy atom. The van der Waals surface area contributed by atoms with Crippen LogP contribution in [0.25, 0.3) is 0 Å². The van der Waals surface area contributed by atoms with E-state index in [4.69, 9.17) is 4.74 Å². The lowest BCUT2D eigenvalue weighted by molar-refractivity contribution is -0.146. The van der Waals surface area contributed by atoms with Gasteiger partial charge in [-0.2, -0.15) is 0 Å². The number of aliphatic hydroxyl groups is 1. The lowest BCUT2D eigenvalue weighted by Gasteiger charge is -2.09. The Morgan fingerprint density at radius 2 is 1.95 bits per heavy atom. The van der Waals surface area contributed by atoms with Crippen molar-refractivity contribution in [2.24, 2.45) is 0 Å². The second kappa shape index (κ2) is 8.43. The van der Waals surface area contributed by atoms with E-state index >= 15 is 0 Å². The maximum absolute atomic E-state index is 11.6. The first-order valence-corrected chi connectivity index (χ1v) is 6.53. The molecule has 1 rings (SSSR count). The SMILES string of the molecule is CCCCOC(=O)CC(=O)C[C@@H](O)c1ccccc1. The number of rotatable bonds is 8. The molecule has 1 aromatic carbocycles. The normalized spacial score (nSPS) is 11.9. The van der Waals surface area contributed by atoms with Crippen LogP contribution in [0.15, 0.2) is 30.3 Å². The molecule has 1 aromatic rings. The topological polar surface area (TPSA) is 63.6 Å². The summed E-state index contributed by atoms with van der Waals surface area (Å²) in [6, 6.07) is 8.92. The van der Waals surface area contributed by atoms with Gasteiger partial charge in [0.2, 0.25) is 0 Å². The summed E-state index contributed by atoms with van der Waals surface area (Å²) in [7, 11) is 0. The zero-order chi connectivity index (χ0) is 14.1. The fourth-order valence-electron chi connectivity index (χ4n) is 1.62. The lowest BCUT2D eigenvalue weighted by atomic mass is 10.0. The van der Waals surface area contributed by atoms with Crippen molar-refractivity contribution in [2.45, 2.75) is 38.7 Å². The Morgan fingerprint density at radius 3 is 2.58 bits per heavy atom. The van der Waals surface area contributed by atoms with E-state index in [0.717, 1.165) is 12.8 Å². The average molecular weight is 264 g/mol. The number of hydrogen-bond acceptors (Lipinski definition) is 4. The zero-order valence-electron chi connectivity index (χ0n) is 11.2. The number of carbonyl (C=O) groups excluding carboxylic acids is 2. The van der Waals surface area contributed by atoms with E-state index in [1.165, 1.54) is 0 Å². The van der Waals surface area contributed by atoms with Crippen LogP contribution >= 0.6 is 0 Å². The Labute approximate surface area is 113 Å². The lowest BCUT2D eigenvalue weighted by Crippen LogP contribution is -2.14. The summed E-state index contributed by atoms with van der Waals surface area (Å²) >= 11 is 0. The third-order valence-electron chi connectivity index (χ3n) is 2.71. The van der Waals surface area contributed by atoms with E-state index in [-0.39, 0.29) is 18.6 Å². The highest BCUT2D eigenvalue weighted by atomic mass is 16.5. The van der Waals surface area contributed by atoms with Gasteiger partial charge in [-0.05, 0) is 12.0 Å². The van der Waals surface area contributed by atoms with E-state index in [9.17, 15) is 14.7 Å². The second-order valence-electron chi connectivity index (χ2n) is 4.42. The summed E-state index contributed by atoms with van der Waals surface area (Å²) in [5.74, 6) is -0.823. The summed E-state index contributed by atoms with van der Waals surface area (Å²) in [6.07, 6.45) is 0.540. The number of unbranched alkanes of at least 4 members (excludes halogenated alkanes) is 1. The number of hydrogen-bond donors (Lipinski definition) is 1. The quantitative estimate of drug-likeness (QED) is 0.445. The van der Waals surface area contributed by atoms with Gasteiger partial charge in [-0.3, -0.25) is 9.59 Å². The van der Waals surface area contributed by atoms with Gasteiger partial charge < -0.3 is 9.84 Å². The Hall–Kier alpha value is -1.68. The fraction of sp³-hybridized carbons (Fsp3) is 0.467. The molecule has 0 unspecified atom stereocenters. The van der Waals surface area contributed by atoms with E-state index in [1.807, 2.05) is 13.0 Å².